The third-order valence-electron chi connectivity index (χ3n) is 1.84. The molecular formula is C10H8O3S. The number of carboxylic acid groups (broad SMARTS) is 1. The molecule has 0 bridgehead atoms. The number of aryl methyl sites for hydroxylation is 1. The summed E-state index contributed by atoms with van der Waals surface area (Å²) in [6.07, 6.45) is -1.27. The van der Waals surface area contributed by atoms with Crippen molar-refractivity contribution >= 4 is 27.6 Å². The van der Waals surface area contributed by atoms with Crippen molar-refractivity contribution in [1.82, 2.24) is 0 Å². The summed E-state index contributed by atoms with van der Waals surface area (Å²) in [4.78, 5) is 10.3. The molecule has 0 radical (unpaired) electrons. The summed E-state index contributed by atoms with van der Waals surface area (Å²) in [5.41, 5.74) is 1.15. The van der Waals surface area contributed by atoms with Gasteiger partial charge in [-0.05, 0) is 18.4 Å². The molecule has 1 aromatic heterocycles. The summed E-state index contributed by atoms with van der Waals surface area (Å²) in [5, 5.41) is 9.87. The first kappa shape index (κ1) is 9.02. The molecule has 0 amide bonds. The SMILES string of the molecule is Cc1ccc2sc(OC(=O)O)cc2c1. The Kier molecular flexibility index (Phi) is 2.13. The summed E-state index contributed by atoms with van der Waals surface area (Å²) < 4.78 is 5.61. The van der Waals surface area contributed by atoms with Crippen LogP contribution in [0.5, 0.6) is 5.06 Å². The molecule has 1 N–H and O–H groups in total. The quantitative estimate of drug-likeness (QED) is 0.731. The van der Waals surface area contributed by atoms with Gasteiger partial charge in [-0.3, -0.25) is 0 Å². The molecule has 0 spiro atoms. The standard InChI is InChI=1S/C10H8O3S/c1-6-2-3-8-7(4-6)5-9(14-8)13-10(11)12/h2-5H,1H3,(H,11,12). The van der Waals surface area contributed by atoms with Crippen molar-refractivity contribution in [3.63, 3.8) is 0 Å². The van der Waals surface area contributed by atoms with Crippen molar-refractivity contribution in [2.75, 3.05) is 0 Å². The van der Waals surface area contributed by atoms with Crippen molar-refractivity contribution < 1.29 is 14.6 Å². The molecule has 14 heavy (non-hydrogen) atoms. The van der Waals surface area contributed by atoms with Gasteiger partial charge in [0.2, 0.25) is 0 Å². The molecule has 1 aromatic carbocycles. The number of fused-ring (bicyclic) bond motifs is 1. The van der Waals surface area contributed by atoms with Crippen LogP contribution in [0.25, 0.3) is 10.1 Å². The number of hydrogen-bond donors (Lipinski definition) is 1. The molecule has 0 saturated carbocycles. The van der Waals surface area contributed by atoms with Crippen molar-refractivity contribution in [3.05, 3.63) is 29.8 Å². The van der Waals surface area contributed by atoms with Crippen LogP contribution in [0, 0.1) is 6.92 Å². The van der Waals surface area contributed by atoms with E-state index in [0.717, 1.165) is 15.6 Å². The van der Waals surface area contributed by atoms with E-state index < -0.39 is 6.16 Å². The average Bonchev–Trinajstić information content (AvgIpc) is 2.44. The Labute approximate surface area is 84.6 Å². The third kappa shape index (κ3) is 1.70. The zero-order valence-electron chi connectivity index (χ0n) is 7.48. The molecule has 0 fully saturated rings. The molecule has 0 aliphatic heterocycles. The molecule has 4 heteroatoms. The van der Waals surface area contributed by atoms with E-state index in [1.165, 1.54) is 11.3 Å². The summed E-state index contributed by atoms with van der Waals surface area (Å²) >= 11 is 1.33. The molecule has 2 rings (SSSR count). The molecule has 0 unspecified atom stereocenters. The van der Waals surface area contributed by atoms with E-state index in [1.54, 1.807) is 6.07 Å². The molecular weight excluding hydrogens is 200 g/mol. The van der Waals surface area contributed by atoms with Crippen LogP contribution in [0.4, 0.5) is 4.79 Å². The number of carbonyl (C=O) groups is 1. The lowest BCUT2D eigenvalue weighted by Crippen LogP contribution is -2.00. The van der Waals surface area contributed by atoms with E-state index in [4.69, 9.17) is 5.11 Å². The normalized spacial score (nSPS) is 10.4. The molecule has 0 aliphatic rings. The lowest BCUT2D eigenvalue weighted by Gasteiger charge is -1.90. The van der Waals surface area contributed by atoms with Crippen LogP contribution >= 0.6 is 11.3 Å². The maximum Gasteiger partial charge on any atom is 0.512 e. The number of hydrogen-bond acceptors (Lipinski definition) is 3. The van der Waals surface area contributed by atoms with Crippen LogP contribution in [-0.4, -0.2) is 11.3 Å². The van der Waals surface area contributed by atoms with E-state index >= 15 is 0 Å². The molecule has 0 saturated heterocycles. The van der Waals surface area contributed by atoms with Gasteiger partial charge in [0.25, 0.3) is 0 Å². The van der Waals surface area contributed by atoms with Crippen LogP contribution in [0.3, 0.4) is 0 Å². The van der Waals surface area contributed by atoms with Crippen LogP contribution < -0.4 is 4.74 Å². The van der Waals surface area contributed by atoms with Crippen molar-refractivity contribution in [2.24, 2.45) is 0 Å². The van der Waals surface area contributed by atoms with E-state index in [9.17, 15) is 4.79 Å². The largest absolute Gasteiger partial charge is 0.512 e. The van der Waals surface area contributed by atoms with Crippen molar-refractivity contribution in [1.29, 1.82) is 0 Å². The van der Waals surface area contributed by atoms with Gasteiger partial charge in [0, 0.05) is 10.8 Å². The highest BCUT2D eigenvalue weighted by Gasteiger charge is 2.05. The van der Waals surface area contributed by atoms with Gasteiger partial charge < -0.3 is 9.84 Å². The number of benzene rings is 1. The number of rotatable bonds is 1. The second kappa shape index (κ2) is 3.31. The lowest BCUT2D eigenvalue weighted by atomic mass is 10.2. The topological polar surface area (TPSA) is 46.5 Å². The molecule has 2 aromatic rings. The van der Waals surface area contributed by atoms with Gasteiger partial charge in [-0.15, -0.1) is 0 Å². The molecule has 0 atom stereocenters. The van der Waals surface area contributed by atoms with E-state index in [2.05, 4.69) is 4.74 Å². The van der Waals surface area contributed by atoms with Gasteiger partial charge >= 0.3 is 6.16 Å². The Morgan fingerprint density at radius 2 is 2.21 bits per heavy atom. The van der Waals surface area contributed by atoms with Crippen molar-refractivity contribution in [3.8, 4) is 5.06 Å². The highest BCUT2D eigenvalue weighted by Crippen LogP contribution is 2.32. The van der Waals surface area contributed by atoms with Crippen LogP contribution in [-0.2, 0) is 0 Å². The van der Waals surface area contributed by atoms with Gasteiger partial charge in [-0.25, -0.2) is 4.79 Å². The fraction of sp³-hybridized carbons (Fsp3) is 0.100. The lowest BCUT2D eigenvalue weighted by molar-refractivity contribution is 0.146. The Hall–Kier alpha value is -1.55. The first-order chi connectivity index (χ1) is 6.65. The summed E-state index contributed by atoms with van der Waals surface area (Å²) in [6, 6.07) is 7.69. The fourth-order valence-corrected chi connectivity index (χ4v) is 2.16. The average molecular weight is 208 g/mol. The smallest absolute Gasteiger partial charge is 0.449 e. The zero-order chi connectivity index (χ0) is 10.1. The van der Waals surface area contributed by atoms with Gasteiger partial charge in [0.1, 0.15) is 0 Å². The number of thiophene rings is 1. The first-order valence-corrected chi connectivity index (χ1v) is 4.88. The fourth-order valence-electron chi connectivity index (χ4n) is 1.27. The second-order valence-corrected chi connectivity index (χ2v) is 4.02. The van der Waals surface area contributed by atoms with Crippen LogP contribution in [0.15, 0.2) is 24.3 Å². The summed E-state index contributed by atoms with van der Waals surface area (Å²) in [6.45, 7) is 1.99. The molecule has 72 valence electrons. The van der Waals surface area contributed by atoms with Crippen LogP contribution in [0.1, 0.15) is 5.56 Å². The Balaban J connectivity index is 2.46. The maximum atomic E-state index is 10.3. The zero-order valence-corrected chi connectivity index (χ0v) is 8.30. The minimum Gasteiger partial charge on any atom is -0.449 e. The van der Waals surface area contributed by atoms with Gasteiger partial charge in [0.15, 0.2) is 5.06 Å². The minimum atomic E-state index is -1.27. The second-order valence-electron chi connectivity index (χ2n) is 2.97. The van der Waals surface area contributed by atoms with E-state index in [-0.39, 0.29) is 0 Å². The Morgan fingerprint density at radius 1 is 1.43 bits per heavy atom. The van der Waals surface area contributed by atoms with Crippen molar-refractivity contribution in [2.45, 2.75) is 6.92 Å². The predicted molar refractivity (Wildman–Crippen MR) is 55.2 cm³/mol. The molecule has 1 heterocycles. The first-order valence-electron chi connectivity index (χ1n) is 4.06. The van der Waals surface area contributed by atoms with Crippen LogP contribution in [0.2, 0.25) is 0 Å². The highest BCUT2D eigenvalue weighted by molar-refractivity contribution is 7.20. The summed E-state index contributed by atoms with van der Waals surface area (Å²) in [7, 11) is 0. The van der Waals surface area contributed by atoms with E-state index in [1.807, 2.05) is 25.1 Å². The highest BCUT2D eigenvalue weighted by atomic mass is 32.1. The Bertz CT molecular complexity index is 487. The molecule has 0 aliphatic carbocycles. The van der Waals surface area contributed by atoms with Gasteiger partial charge in [-0.1, -0.05) is 29.0 Å². The molecule has 3 nitrogen and oxygen atoms in total. The predicted octanol–water partition coefficient (Wildman–Crippen LogP) is 3.27. The maximum absolute atomic E-state index is 10.3. The monoisotopic (exact) mass is 208 g/mol. The Morgan fingerprint density at radius 3 is 2.93 bits per heavy atom. The minimum absolute atomic E-state index is 0.415. The van der Waals surface area contributed by atoms with E-state index in [0.29, 0.717) is 5.06 Å². The third-order valence-corrected chi connectivity index (χ3v) is 2.83. The number of ether oxygens (including phenoxy) is 1. The van der Waals surface area contributed by atoms with Gasteiger partial charge in [-0.2, -0.15) is 0 Å². The van der Waals surface area contributed by atoms with Gasteiger partial charge in [0.05, 0.1) is 0 Å². The summed E-state index contributed by atoms with van der Waals surface area (Å²) in [5.74, 6) is 0.